The summed E-state index contributed by atoms with van der Waals surface area (Å²) in [6.45, 7) is 9.10. The number of nitrogens with zero attached hydrogens (tertiary/aromatic N) is 3. The number of rotatable bonds is 4. The molecule has 31 heavy (non-hydrogen) atoms. The Morgan fingerprint density at radius 3 is 2.45 bits per heavy atom. The molecular weight excluding hydrogens is 378 g/mol. The topological polar surface area (TPSA) is 18.8 Å². The molecule has 0 radical (unpaired) electrons. The zero-order valence-electron chi connectivity index (χ0n) is 18.8. The highest BCUT2D eigenvalue weighted by Gasteiger charge is 2.29. The van der Waals surface area contributed by atoms with E-state index in [0.29, 0.717) is 12.0 Å². The van der Waals surface area contributed by atoms with Crippen LogP contribution >= 0.6 is 0 Å². The Morgan fingerprint density at radius 2 is 1.74 bits per heavy atom. The maximum atomic E-state index is 4.51. The van der Waals surface area contributed by atoms with Crippen molar-refractivity contribution >= 4 is 11.8 Å². The zero-order valence-corrected chi connectivity index (χ0v) is 18.8. The van der Waals surface area contributed by atoms with E-state index in [9.17, 15) is 0 Å². The van der Waals surface area contributed by atoms with Crippen LogP contribution in [-0.2, 0) is 0 Å². The molecule has 3 nitrogen and oxygen atoms in total. The smallest absolute Gasteiger partial charge is 0.0459 e. The third-order valence-electron chi connectivity index (χ3n) is 7.01. The van der Waals surface area contributed by atoms with Crippen LogP contribution in [0.4, 0.5) is 0 Å². The van der Waals surface area contributed by atoms with Crippen molar-refractivity contribution in [1.29, 1.82) is 0 Å². The molecule has 0 bridgehead atoms. The monoisotopic (exact) mass is 411 g/mol. The lowest BCUT2D eigenvalue weighted by Gasteiger charge is -2.42. The second-order valence-electron chi connectivity index (χ2n) is 9.33. The summed E-state index contributed by atoms with van der Waals surface area (Å²) in [7, 11) is 0. The summed E-state index contributed by atoms with van der Waals surface area (Å²) in [5.74, 6) is 0.690. The van der Waals surface area contributed by atoms with Gasteiger partial charge in [0, 0.05) is 61.8 Å². The van der Waals surface area contributed by atoms with Crippen LogP contribution in [0, 0.1) is 0 Å². The summed E-state index contributed by atoms with van der Waals surface area (Å²) >= 11 is 0. The van der Waals surface area contributed by atoms with Crippen molar-refractivity contribution in [3.05, 3.63) is 88.8 Å². The van der Waals surface area contributed by atoms with Crippen LogP contribution in [0.1, 0.15) is 50.2 Å². The normalized spacial score (nSPS) is 22.1. The number of fused-ring (bicyclic) bond motifs is 1. The minimum Gasteiger partial charge on any atom is -0.370 e. The first-order chi connectivity index (χ1) is 15.2. The van der Waals surface area contributed by atoms with Crippen LogP contribution in [0.15, 0.2) is 82.7 Å². The van der Waals surface area contributed by atoms with Gasteiger partial charge in [0.1, 0.15) is 0 Å². The molecule has 4 aliphatic rings. The number of allylic oxidation sites excluding steroid dienone is 5. The van der Waals surface area contributed by atoms with Gasteiger partial charge < -0.3 is 4.90 Å². The number of hydrogen-bond acceptors (Lipinski definition) is 3. The van der Waals surface area contributed by atoms with Crippen LogP contribution in [0.5, 0.6) is 0 Å². The van der Waals surface area contributed by atoms with E-state index in [-0.39, 0.29) is 0 Å². The largest absolute Gasteiger partial charge is 0.370 e. The van der Waals surface area contributed by atoms with Crippen LogP contribution in [0.2, 0.25) is 0 Å². The second-order valence-corrected chi connectivity index (χ2v) is 9.33. The molecule has 1 aromatic carbocycles. The number of benzene rings is 1. The molecule has 3 heteroatoms. The molecule has 1 saturated heterocycles. The molecular formula is C28H33N3. The van der Waals surface area contributed by atoms with Gasteiger partial charge in [0.2, 0.25) is 0 Å². The lowest BCUT2D eigenvalue weighted by atomic mass is 9.86. The fourth-order valence-electron chi connectivity index (χ4n) is 4.95. The minimum absolute atomic E-state index is 0.655. The molecule has 1 aliphatic carbocycles. The first-order valence-electron chi connectivity index (χ1n) is 11.8. The van der Waals surface area contributed by atoms with Crippen molar-refractivity contribution in [3.63, 3.8) is 0 Å². The highest BCUT2D eigenvalue weighted by molar-refractivity contribution is 5.83. The molecule has 3 heterocycles. The van der Waals surface area contributed by atoms with Crippen molar-refractivity contribution < 1.29 is 0 Å². The van der Waals surface area contributed by atoms with Crippen LogP contribution < -0.4 is 0 Å². The van der Waals surface area contributed by atoms with Gasteiger partial charge in [-0.2, -0.15) is 0 Å². The van der Waals surface area contributed by atoms with E-state index in [1.807, 2.05) is 12.4 Å². The Morgan fingerprint density at radius 1 is 1.00 bits per heavy atom. The summed E-state index contributed by atoms with van der Waals surface area (Å²) in [6, 6.07) is 9.98. The van der Waals surface area contributed by atoms with Gasteiger partial charge >= 0.3 is 0 Å². The van der Waals surface area contributed by atoms with Gasteiger partial charge in [0.15, 0.2) is 0 Å². The maximum absolute atomic E-state index is 4.51. The Balaban J connectivity index is 1.36. The van der Waals surface area contributed by atoms with Crippen LogP contribution in [0.25, 0.3) is 5.57 Å². The van der Waals surface area contributed by atoms with Gasteiger partial charge in [0.05, 0.1) is 0 Å². The van der Waals surface area contributed by atoms with Crippen molar-refractivity contribution in [2.45, 2.75) is 45.1 Å². The Kier molecular flexibility index (Phi) is 5.78. The van der Waals surface area contributed by atoms with E-state index in [0.717, 1.165) is 32.4 Å². The van der Waals surface area contributed by atoms with E-state index in [4.69, 9.17) is 0 Å². The predicted molar refractivity (Wildman–Crippen MR) is 131 cm³/mol. The summed E-state index contributed by atoms with van der Waals surface area (Å²) in [5, 5.41) is 0. The highest BCUT2D eigenvalue weighted by atomic mass is 15.2. The molecule has 0 unspecified atom stereocenters. The zero-order chi connectivity index (χ0) is 21.2. The summed E-state index contributed by atoms with van der Waals surface area (Å²) < 4.78 is 0. The summed E-state index contributed by atoms with van der Waals surface area (Å²) in [5.41, 5.74) is 8.11. The molecule has 5 rings (SSSR count). The number of likely N-dealkylation sites (tertiary alicyclic amines) is 1. The Labute approximate surface area is 186 Å². The number of aliphatic imine (C=N–C) groups is 1. The van der Waals surface area contributed by atoms with Crippen molar-refractivity contribution in [2.75, 3.05) is 26.2 Å². The molecule has 0 atom stereocenters. The molecule has 1 aromatic rings. The Hall–Kier alpha value is -2.65. The van der Waals surface area contributed by atoms with Crippen LogP contribution in [0.3, 0.4) is 0 Å². The van der Waals surface area contributed by atoms with Gasteiger partial charge in [-0.3, -0.25) is 9.89 Å². The van der Waals surface area contributed by atoms with Crippen molar-refractivity contribution in [2.24, 2.45) is 4.99 Å². The molecule has 0 N–H and O–H groups in total. The third-order valence-corrected chi connectivity index (χ3v) is 7.01. The molecule has 3 aliphatic heterocycles. The minimum atomic E-state index is 0.655. The van der Waals surface area contributed by atoms with E-state index in [1.165, 1.54) is 46.6 Å². The van der Waals surface area contributed by atoms with Crippen molar-refractivity contribution in [3.8, 4) is 0 Å². The third kappa shape index (κ3) is 4.24. The second kappa shape index (κ2) is 8.84. The summed E-state index contributed by atoms with van der Waals surface area (Å²) in [6.07, 6.45) is 18.7. The number of hydrogen-bond donors (Lipinski definition) is 0. The van der Waals surface area contributed by atoms with Crippen molar-refractivity contribution in [1.82, 2.24) is 9.80 Å². The first-order valence-corrected chi connectivity index (χ1v) is 11.8. The predicted octanol–water partition coefficient (Wildman–Crippen LogP) is 5.71. The van der Waals surface area contributed by atoms with E-state index >= 15 is 0 Å². The van der Waals surface area contributed by atoms with Gasteiger partial charge in [0.25, 0.3) is 0 Å². The van der Waals surface area contributed by atoms with Gasteiger partial charge in [-0.1, -0.05) is 42.5 Å². The fraction of sp³-hybridized carbons (Fsp3) is 0.393. The van der Waals surface area contributed by atoms with Gasteiger partial charge in [-0.15, -0.1) is 0 Å². The standard InChI is InChI=1S/C28H33N3/c1-21(2)31-19-26(20-31)23-9-7-22(8-10-23)24-11-12-25-18-29-14-13-28(27(25)17-24)30-15-5-3-4-6-16-30/h3-4,7-11,13-14,17-18,21,26H,5-6,12,15-16,19-20H2,1-2H3. The quantitative estimate of drug-likeness (QED) is 0.591. The molecule has 0 amide bonds. The lowest BCUT2D eigenvalue weighted by molar-refractivity contribution is 0.110. The van der Waals surface area contributed by atoms with Crippen LogP contribution in [-0.4, -0.2) is 48.2 Å². The molecule has 1 fully saturated rings. The lowest BCUT2D eigenvalue weighted by Crippen LogP contribution is -2.48. The highest BCUT2D eigenvalue weighted by Crippen LogP contribution is 2.36. The molecule has 0 spiro atoms. The van der Waals surface area contributed by atoms with Gasteiger partial charge in [-0.05, 0) is 67.5 Å². The molecule has 160 valence electrons. The van der Waals surface area contributed by atoms with E-state index in [2.05, 4.69) is 83.3 Å². The average Bonchev–Trinajstić information content (AvgIpc) is 3.13. The molecule has 0 aromatic heterocycles. The van der Waals surface area contributed by atoms with E-state index in [1.54, 1.807) is 0 Å². The molecule has 0 saturated carbocycles. The fourth-order valence-corrected chi connectivity index (χ4v) is 4.95. The van der Waals surface area contributed by atoms with E-state index < -0.39 is 0 Å². The van der Waals surface area contributed by atoms with Gasteiger partial charge in [-0.25, -0.2) is 0 Å². The first kappa shape index (κ1) is 20.3. The maximum Gasteiger partial charge on any atom is 0.0459 e. The SMILES string of the molecule is CC(C)N1CC(c2ccc(C3=CCC4=CN=CC=C(N5CCC=CCC5)C4=C3)cc2)C1. The Bertz CT molecular complexity index is 985. The average molecular weight is 412 g/mol. The summed E-state index contributed by atoms with van der Waals surface area (Å²) in [4.78, 5) is 9.58.